The smallest absolute Gasteiger partial charge is 0.346 e. The summed E-state index contributed by atoms with van der Waals surface area (Å²) in [7, 11) is 0. The summed E-state index contributed by atoms with van der Waals surface area (Å²) in [5.74, 6) is -1.31. The Morgan fingerprint density at radius 3 is 2.76 bits per heavy atom. The Morgan fingerprint density at radius 2 is 2.24 bits per heavy atom. The fourth-order valence-electron chi connectivity index (χ4n) is 1.33. The zero-order valence-electron chi connectivity index (χ0n) is 8.89. The van der Waals surface area contributed by atoms with Gasteiger partial charge in [0, 0.05) is 0 Å². The van der Waals surface area contributed by atoms with E-state index in [2.05, 4.69) is 5.32 Å². The standard InChI is InChI=1S/C11H9NO4S/c1-6-4-8(17-9(6)11(14)15)12-10(13)7-2-3-16-5-7/h2-5H,1H3,(H,12,13)(H,14,15). The van der Waals surface area contributed by atoms with Gasteiger partial charge < -0.3 is 14.8 Å². The normalized spacial score (nSPS) is 10.2. The number of furan rings is 1. The van der Waals surface area contributed by atoms with Gasteiger partial charge in [-0.2, -0.15) is 0 Å². The molecule has 2 aromatic rings. The lowest BCUT2D eigenvalue weighted by atomic mass is 10.3. The van der Waals surface area contributed by atoms with Crippen LogP contribution >= 0.6 is 11.3 Å². The molecule has 2 aromatic heterocycles. The molecule has 88 valence electrons. The number of aromatic carboxylic acids is 1. The van der Waals surface area contributed by atoms with Gasteiger partial charge in [0.25, 0.3) is 5.91 Å². The van der Waals surface area contributed by atoms with E-state index in [4.69, 9.17) is 9.52 Å². The monoisotopic (exact) mass is 251 g/mol. The molecule has 0 saturated heterocycles. The molecule has 2 heterocycles. The van der Waals surface area contributed by atoms with Crippen LogP contribution in [-0.4, -0.2) is 17.0 Å². The van der Waals surface area contributed by atoms with Crippen molar-refractivity contribution in [1.29, 1.82) is 0 Å². The molecule has 0 radical (unpaired) electrons. The first-order chi connectivity index (χ1) is 8.08. The fourth-order valence-corrected chi connectivity index (χ4v) is 2.24. The van der Waals surface area contributed by atoms with Gasteiger partial charge in [0.1, 0.15) is 11.1 Å². The third-order valence-corrected chi connectivity index (χ3v) is 3.27. The maximum Gasteiger partial charge on any atom is 0.346 e. The molecule has 0 aliphatic heterocycles. The van der Waals surface area contributed by atoms with Crippen LogP contribution in [0.3, 0.4) is 0 Å². The van der Waals surface area contributed by atoms with E-state index in [-0.39, 0.29) is 10.8 Å². The largest absolute Gasteiger partial charge is 0.477 e. The quantitative estimate of drug-likeness (QED) is 0.878. The van der Waals surface area contributed by atoms with Crippen molar-refractivity contribution in [1.82, 2.24) is 0 Å². The Kier molecular flexibility index (Phi) is 2.97. The molecule has 0 aliphatic rings. The van der Waals surface area contributed by atoms with Crippen LogP contribution in [-0.2, 0) is 0 Å². The number of aryl methyl sites for hydroxylation is 1. The van der Waals surface area contributed by atoms with Gasteiger partial charge in [0.2, 0.25) is 0 Å². The van der Waals surface area contributed by atoms with Gasteiger partial charge >= 0.3 is 5.97 Å². The molecule has 0 saturated carbocycles. The van der Waals surface area contributed by atoms with Gasteiger partial charge in [0.15, 0.2) is 0 Å². The molecule has 0 aromatic carbocycles. The SMILES string of the molecule is Cc1cc(NC(=O)c2ccoc2)sc1C(=O)O. The van der Waals surface area contributed by atoms with Crippen LogP contribution in [0.4, 0.5) is 5.00 Å². The third kappa shape index (κ3) is 2.36. The fraction of sp³-hybridized carbons (Fsp3) is 0.0909. The summed E-state index contributed by atoms with van der Waals surface area (Å²) in [4.78, 5) is 22.7. The van der Waals surface area contributed by atoms with E-state index in [1.807, 2.05) is 0 Å². The van der Waals surface area contributed by atoms with Gasteiger partial charge in [-0.15, -0.1) is 11.3 Å². The average Bonchev–Trinajstić information content (AvgIpc) is 2.86. The van der Waals surface area contributed by atoms with Crippen LogP contribution in [0.1, 0.15) is 25.6 Å². The van der Waals surface area contributed by atoms with E-state index in [0.717, 1.165) is 11.3 Å². The van der Waals surface area contributed by atoms with Crippen LogP contribution in [0, 0.1) is 6.92 Å². The van der Waals surface area contributed by atoms with Crippen LogP contribution in [0.15, 0.2) is 29.1 Å². The summed E-state index contributed by atoms with van der Waals surface area (Å²) < 4.78 is 4.79. The summed E-state index contributed by atoms with van der Waals surface area (Å²) in [6.07, 6.45) is 2.73. The van der Waals surface area contributed by atoms with Crippen LogP contribution in [0.25, 0.3) is 0 Å². The number of carbonyl (C=O) groups excluding carboxylic acids is 1. The van der Waals surface area contributed by atoms with Gasteiger partial charge in [0.05, 0.1) is 16.8 Å². The highest BCUT2D eigenvalue weighted by atomic mass is 32.1. The number of amides is 1. The van der Waals surface area contributed by atoms with Crippen molar-refractivity contribution in [2.24, 2.45) is 0 Å². The molecule has 5 nitrogen and oxygen atoms in total. The van der Waals surface area contributed by atoms with E-state index in [1.54, 1.807) is 13.0 Å². The van der Waals surface area contributed by atoms with Crippen molar-refractivity contribution in [2.45, 2.75) is 6.92 Å². The number of carbonyl (C=O) groups is 2. The van der Waals surface area contributed by atoms with Crippen molar-refractivity contribution in [2.75, 3.05) is 5.32 Å². The lowest BCUT2D eigenvalue weighted by molar-refractivity contribution is 0.0701. The van der Waals surface area contributed by atoms with Crippen LogP contribution in [0.2, 0.25) is 0 Å². The Labute approximate surface area is 101 Å². The number of carboxylic acids is 1. The predicted molar refractivity (Wildman–Crippen MR) is 62.7 cm³/mol. The van der Waals surface area contributed by atoms with Crippen molar-refractivity contribution in [3.63, 3.8) is 0 Å². The number of nitrogens with one attached hydrogen (secondary N) is 1. The molecule has 6 heteroatoms. The summed E-state index contributed by atoms with van der Waals surface area (Å²) >= 11 is 1.03. The second-order valence-electron chi connectivity index (χ2n) is 3.39. The minimum absolute atomic E-state index is 0.229. The Balaban J connectivity index is 2.17. The van der Waals surface area contributed by atoms with Crippen molar-refractivity contribution >= 4 is 28.2 Å². The number of carboxylic acid groups (broad SMARTS) is 1. The minimum Gasteiger partial charge on any atom is -0.477 e. The molecular weight excluding hydrogens is 242 g/mol. The van der Waals surface area contributed by atoms with E-state index >= 15 is 0 Å². The second kappa shape index (κ2) is 4.42. The first-order valence-electron chi connectivity index (χ1n) is 4.75. The number of thiophene rings is 1. The number of anilines is 1. The number of hydrogen-bond acceptors (Lipinski definition) is 4. The number of rotatable bonds is 3. The topological polar surface area (TPSA) is 79.5 Å². The molecule has 2 rings (SSSR count). The van der Waals surface area contributed by atoms with Crippen molar-refractivity contribution < 1.29 is 19.1 Å². The van der Waals surface area contributed by atoms with E-state index < -0.39 is 5.97 Å². The van der Waals surface area contributed by atoms with Crippen LogP contribution < -0.4 is 5.32 Å². The number of hydrogen-bond donors (Lipinski definition) is 2. The predicted octanol–water partition coefficient (Wildman–Crippen LogP) is 2.60. The van der Waals surface area contributed by atoms with Gasteiger partial charge in [-0.3, -0.25) is 4.79 Å². The molecule has 1 amide bonds. The Bertz CT molecular complexity index is 556. The summed E-state index contributed by atoms with van der Waals surface area (Å²) in [6, 6.07) is 3.17. The third-order valence-electron chi connectivity index (χ3n) is 2.13. The summed E-state index contributed by atoms with van der Waals surface area (Å²) in [6.45, 7) is 1.69. The zero-order valence-corrected chi connectivity index (χ0v) is 9.71. The highest BCUT2D eigenvalue weighted by molar-refractivity contribution is 7.18. The molecule has 0 unspecified atom stereocenters. The molecule has 0 atom stereocenters. The molecule has 0 spiro atoms. The van der Waals surface area contributed by atoms with Crippen molar-refractivity contribution in [3.8, 4) is 0 Å². The first-order valence-corrected chi connectivity index (χ1v) is 5.57. The van der Waals surface area contributed by atoms with Crippen molar-refractivity contribution in [3.05, 3.63) is 40.7 Å². The molecule has 0 fully saturated rings. The van der Waals surface area contributed by atoms with E-state index in [9.17, 15) is 9.59 Å². The second-order valence-corrected chi connectivity index (χ2v) is 4.45. The molecule has 2 N–H and O–H groups in total. The Morgan fingerprint density at radius 1 is 1.47 bits per heavy atom. The molecule has 17 heavy (non-hydrogen) atoms. The maximum atomic E-state index is 11.7. The Hall–Kier alpha value is -2.08. The maximum absolute atomic E-state index is 11.7. The highest BCUT2D eigenvalue weighted by Crippen LogP contribution is 2.26. The van der Waals surface area contributed by atoms with E-state index in [0.29, 0.717) is 16.1 Å². The van der Waals surface area contributed by atoms with E-state index in [1.165, 1.54) is 18.6 Å². The molecular formula is C11H9NO4S. The summed E-state index contributed by atoms with van der Waals surface area (Å²) in [5, 5.41) is 12.0. The highest BCUT2D eigenvalue weighted by Gasteiger charge is 2.14. The molecule has 0 bridgehead atoms. The average molecular weight is 251 g/mol. The lowest BCUT2D eigenvalue weighted by Crippen LogP contribution is -2.09. The van der Waals surface area contributed by atoms with Gasteiger partial charge in [-0.05, 0) is 24.6 Å². The first kappa shape index (κ1) is 11.4. The van der Waals surface area contributed by atoms with Gasteiger partial charge in [-0.1, -0.05) is 0 Å². The van der Waals surface area contributed by atoms with Gasteiger partial charge in [-0.25, -0.2) is 4.79 Å². The lowest BCUT2D eigenvalue weighted by Gasteiger charge is -1.97. The zero-order chi connectivity index (χ0) is 12.4. The van der Waals surface area contributed by atoms with Crippen LogP contribution in [0.5, 0.6) is 0 Å². The molecule has 0 aliphatic carbocycles. The minimum atomic E-state index is -0.990. The summed E-state index contributed by atoms with van der Waals surface area (Å²) in [5.41, 5.74) is 1.03.